The van der Waals surface area contributed by atoms with E-state index in [1.807, 2.05) is 25.2 Å². The summed E-state index contributed by atoms with van der Waals surface area (Å²) >= 11 is 0. The predicted molar refractivity (Wildman–Crippen MR) is 76.4 cm³/mol. The Bertz CT molecular complexity index is 432. The lowest BCUT2D eigenvalue weighted by molar-refractivity contribution is 0.0948. The van der Waals surface area contributed by atoms with Gasteiger partial charge in [0.1, 0.15) is 0 Å². The lowest BCUT2D eigenvalue weighted by Gasteiger charge is -2.25. The van der Waals surface area contributed by atoms with Crippen LogP contribution < -0.4 is 9.47 Å². The molecule has 0 aromatic heterocycles. The van der Waals surface area contributed by atoms with E-state index in [-0.39, 0.29) is 0 Å². The summed E-state index contributed by atoms with van der Waals surface area (Å²) in [6.07, 6.45) is 0.468. The molecule has 1 fully saturated rings. The molecule has 1 aromatic rings. The third-order valence-electron chi connectivity index (χ3n) is 3.78. The van der Waals surface area contributed by atoms with Crippen LogP contribution in [0.4, 0.5) is 0 Å². The number of likely N-dealkylation sites (N-methyl/N-ethyl adjacent to an activating group) is 1. The van der Waals surface area contributed by atoms with Crippen LogP contribution in [0.5, 0.6) is 11.5 Å². The standard InChI is InChI=1S/C15H23NO4/c1-16(12-6-7-20-10-12)9-13(17)11-4-5-14(18-2)15(8-11)19-3/h4-5,8,12-13,17H,6-7,9-10H2,1-3H3. The van der Waals surface area contributed by atoms with E-state index in [1.54, 1.807) is 14.2 Å². The van der Waals surface area contributed by atoms with E-state index >= 15 is 0 Å². The Morgan fingerprint density at radius 1 is 1.35 bits per heavy atom. The van der Waals surface area contributed by atoms with Crippen molar-refractivity contribution in [2.45, 2.75) is 18.6 Å². The van der Waals surface area contributed by atoms with Gasteiger partial charge in [-0.15, -0.1) is 0 Å². The van der Waals surface area contributed by atoms with Crippen LogP contribution in [0.3, 0.4) is 0 Å². The highest BCUT2D eigenvalue weighted by Crippen LogP contribution is 2.30. The van der Waals surface area contributed by atoms with Crippen molar-refractivity contribution in [2.75, 3.05) is 41.0 Å². The van der Waals surface area contributed by atoms with Crippen LogP contribution in [0.15, 0.2) is 18.2 Å². The second kappa shape index (κ2) is 6.92. The van der Waals surface area contributed by atoms with Gasteiger partial charge >= 0.3 is 0 Å². The van der Waals surface area contributed by atoms with Gasteiger partial charge in [-0.2, -0.15) is 0 Å². The molecule has 0 radical (unpaired) electrons. The number of hydrogen-bond donors (Lipinski definition) is 1. The molecule has 1 aliphatic rings. The first-order valence-corrected chi connectivity index (χ1v) is 6.83. The average molecular weight is 281 g/mol. The van der Waals surface area contributed by atoms with Gasteiger partial charge in [0.05, 0.1) is 26.9 Å². The first-order valence-electron chi connectivity index (χ1n) is 6.83. The molecule has 2 rings (SSSR count). The summed E-state index contributed by atoms with van der Waals surface area (Å²) in [5.74, 6) is 1.30. The minimum atomic E-state index is -0.555. The molecule has 1 heterocycles. The van der Waals surface area contributed by atoms with Crippen molar-refractivity contribution >= 4 is 0 Å². The molecule has 0 aliphatic carbocycles. The molecule has 1 aliphatic heterocycles. The minimum Gasteiger partial charge on any atom is -0.493 e. The van der Waals surface area contributed by atoms with Gasteiger partial charge in [0.2, 0.25) is 0 Å². The van der Waals surface area contributed by atoms with Crippen LogP contribution in [-0.2, 0) is 4.74 Å². The number of aliphatic hydroxyl groups is 1. The van der Waals surface area contributed by atoms with Crippen molar-refractivity contribution in [2.24, 2.45) is 0 Å². The molecule has 2 unspecified atom stereocenters. The maximum absolute atomic E-state index is 10.4. The summed E-state index contributed by atoms with van der Waals surface area (Å²) in [4.78, 5) is 2.15. The molecule has 1 N–H and O–H groups in total. The summed E-state index contributed by atoms with van der Waals surface area (Å²) in [5.41, 5.74) is 0.827. The number of methoxy groups -OCH3 is 2. The molecule has 0 amide bonds. The quantitative estimate of drug-likeness (QED) is 0.855. The molecule has 20 heavy (non-hydrogen) atoms. The van der Waals surface area contributed by atoms with E-state index in [2.05, 4.69) is 4.90 Å². The lowest BCUT2D eigenvalue weighted by atomic mass is 10.1. The summed E-state index contributed by atoms with van der Waals surface area (Å²) in [7, 11) is 5.21. The Balaban J connectivity index is 2.02. The minimum absolute atomic E-state index is 0.393. The molecule has 1 aromatic carbocycles. The summed E-state index contributed by atoms with van der Waals surface area (Å²) in [6, 6.07) is 5.90. The van der Waals surface area contributed by atoms with E-state index < -0.39 is 6.10 Å². The molecule has 0 saturated carbocycles. The number of benzene rings is 1. The van der Waals surface area contributed by atoms with Gasteiger partial charge in [0.15, 0.2) is 11.5 Å². The van der Waals surface area contributed by atoms with E-state index in [1.165, 1.54) is 0 Å². The third kappa shape index (κ3) is 3.42. The molecule has 5 nitrogen and oxygen atoms in total. The van der Waals surface area contributed by atoms with Gasteiger partial charge in [-0.1, -0.05) is 6.07 Å². The van der Waals surface area contributed by atoms with Crippen LogP contribution in [0.2, 0.25) is 0 Å². The fourth-order valence-corrected chi connectivity index (χ4v) is 2.46. The maximum atomic E-state index is 10.4. The fourth-order valence-electron chi connectivity index (χ4n) is 2.46. The fraction of sp³-hybridized carbons (Fsp3) is 0.600. The molecule has 0 bridgehead atoms. The van der Waals surface area contributed by atoms with Crippen LogP contribution in [0, 0.1) is 0 Å². The molecule has 5 heteroatoms. The first kappa shape index (κ1) is 15.1. The van der Waals surface area contributed by atoms with Gasteiger partial charge in [0.25, 0.3) is 0 Å². The zero-order valence-electron chi connectivity index (χ0n) is 12.3. The Morgan fingerprint density at radius 3 is 2.70 bits per heavy atom. The van der Waals surface area contributed by atoms with Crippen molar-refractivity contribution in [1.29, 1.82) is 0 Å². The Hall–Kier alpha value is -1.30. The number of rotatable bonds is 6. The second-order valence-corrected chi connectivity index (χ2v) is 5.09. The number of hydrogen-bond acceptors (Lipinski definition) is 5. The number of aliphatic hydroxyl groups excluding tert-OH is 1. The zero-order valence-corrected chi connectivity index (χ0v) is 12.3. The van der Waals surface area contributed by atoms with Gasteiger partial charge < -0.3 is 19.3 Å². The van der Waals surface area contributed by atoms with Gasteiger partial charge in [0, 0.05) is 19.2 Å². The monoisotopic (exact) mass is 281 g/mol. The molecule has 0 spiro atoms. The summed E-state index contributed by atoms with van der Waals surface area (Å²) < 4.78 is 15.8. The third-order valence-corrected chi connectivity index (χ3v) is 3.78. The SMILES string of the molecule is COc1ccc(C(O)CN(C)C2CCOC2)cc1OC. The smallest absolute Gasteiger partial charge is 0.161 e. The van der Waals surface area contributed by atoms with Crippen LogP contribution in [0.1, 0.15) is 18.1 Å². The van der Waals surface area contributed by atoms with E-state index in [0.717, 1.165) is 25.2 Å². The number of ether oxygens (including phenoxy) is 3. The Kier molecular flexibility index (Phi) is 5.23. The molecular weight excluding hydrogens is 258 g/mol. The zero-order chi connectivity index (χ0) is 14.5. The number of nitrogens with zero attached hydrogens (tertiary/aromatic N) is 1. The molecule has 1 saturated heterocycles. The van der Waals surface area contributed by atoms with Crippen molar-refractivity contribution in [3.63, 3.8) is 0 Å². The highest BCUT2D eigenvalue weighted by atomic mass is 16.5. The predicted octanol–water partition coefficient (Wildman–Crippen LogP) is 1.46. The van der Waals surface area contributed by atoms with E-state index in [4.69, 9.17) is 14.2 Å². The highest BCUT2D eigenvalue weighted by molar-refractivity contribution is 5.43. The highest BCUT2D eigenvalue weighted by Gasteiger charge is 2.23. The van der Waals surface area contributed by atoms with Crippen molar-refractivity contribution in [3.8, 4) is 11.5 Å². The molecule has 2 atom stereocenters. The van der Waals surface area contributed by atoms with E-state index in [9.17, 15) is 5.11 Å². The molecule has 112 valence electrons. The molecular formula is C15H23NO4. The normalized spacial score (nSPS) is 20.1. The van der Waals surface area contributed by atoms with Crippen LogP contribution in [0.25, 0.3) is 0 Å². The lowest BCUT2D eigenvalue weighted by Crippen LogP contribution is -2.35. The summed E-state index contributed by atoms with van der Waals surface area (Å²) in [5, 5.41) is 10.4. The van der Waals surface area contributed by atoms with Gasteiger partial charge in [-0.25, -0.2) is 0 Å². The largest absolute Gasteiger partial charge is 0.493 e. The van der Waals surface area contributed by atoms with Crippen molar-refractivity contribution in [3.05, 3.63) is 23.8 Å². The Labute approximate surface area is 120 Å². The van der Waals surface area contributed by atoms with Crippen LogP contribution in [-0.4, -0.2) is 57.1 Å². The van der Waals surface area contributed by atoms with Crippen molar-refractivity contribution in [1.82, 2.24) is 4.90 Å². The van der Waals surface area contributed by atoms with Gasteiger partial charge in [-0.3, -0.25) is 4.90 Å². The summed E-state index contributed by atoms with van der Waals surface area (Å²) in [6.45, 7) is 2.13. The maximum Gasteiger partial charge on any atom is 0.161 e. The topological polar surface area (TPSA) is 51.2 Å². The van der Waals surface area contributed by atoms with Gasteiger partial charge in [-0.05, 0) is 31.2 Å². The second-order valence-electron chi connectivity index (χ2n) is 5.09. The van der Waals surface area contributed by atoms with Crippen LogP contribution >= 0.6 is 0 Å². The Morgan fingerprint density at radius 2 is 2.10 bits per heavy atom. The average Bonchev–Trinajstić information content (AvgIpc) is 3.00. The van der Waals surface area contributed by atoms with E-state index in [0.29, 0.717) is 24.1 Å². The first-order chi connectivity index (χ1) is 9.65. The van der Waals surface area contributed by atoms with Crippen molar-refractivity contribution < 1.29 is 19.3 Å².